The molecule has 0 radical (unpaired) electrons. The highest BCUT2D eigenvalue weighted by Gasteiger charge is 2.33. The summed E-state index contributed by atoms with van der Waals surface area (Å²) in [6.07, 6.45) is 4.65. The zero-order valence-corrected chi connectivity index (χ0v) is 14.9. The van der Waals surface area contributed by atoms with Gasteiger partial charge in [0.1, 0.15) is 4.90 Å². The normalized spacial score (nSPS) is 26.0. The van der Waals surface area contributed by atoms with Gasteiger partial charge >= 0.3 is 0 Å². The van der Waals surface area contributed by atoms with Gasteiger partial charge in [0.2, 0.25) is 15.9 Å². The first-order chi connectivity index (χ1) is 11.4. The highest BCUT2D eigenvalue weighted by Crippen LogP contribution is 2.27. The fourth-order valence-electron chi connectivity index (χ4n) is 3.60. The van der Waals surface area contributed by atoms with Crippen LogP contribution in [0.2, 0.25) is 0 Å². The number of aromatic nitrogens is 2. The van der Waals surface area contributed by atoms with Gasteiger partial charge in [-0.15, -0.1) is 0 Å². The Bertz CT molecular complexity index is 688. The average molecular weight is 355 g/mol. The number of nitrogens with one attached hydrogen (secondary N) is 2. The summed E-state index contributed by atoms with van der Waals surface area (Å²) < 4.78 is 28.5. The van der Waals surface area contributed by atoms with Gasteiger partial charge in [0.25, 0.3) is 0 Å². The third-order valence-electron chi connectivity index (χ3n) is 5.02. The molecule has 3 atom stereocenters. The fraction of sp³-hybridized carbons (Fsp3) is 0.733. The van der Waals surface area contributed by atoms with E-state index in [4.69, 9.17) is 0 Å². The molecule has 1 unspecified atom stereocenters. The Kier molecular flexibility index (Phi) is 4.93. The van der Waals surface area contributed by atoms with Gasteiger partial charge in [-0.3, -0.25) is 9.48 Å². The standard InChI is InChI=1S/C15H25N5O3S/c1-11(18-24(22,23)14-9-17-19(2)10-14)15(21)20-5-3-12-7-16-8-13(12)4-6-20/h9-13,16,18H,3-8H2,1-2H3/t11?,12-,13+. The summed E-state index contributed by atoms with van der Waals surface area (Å²) in [6, 6.07) is -0.786. The molecule has 1 aromatic rings. The van der Waals surface area contributed by atoms with Crippen molar-refractivity contribution in [3.63, 3.8) is 0 Å². The van der Waals surface area contributed by atoms with E-state index >= 15 is 0 Å². The minimum absolute atomic E-state index is 0.0705. The number of carbonyl (C=O) groups is 1. The molecule has 0 saturated carbocycles. The van der Waals surface area contributed by atoms with Gasteiger partial charge in [-0.25, -0.2) is 8.42 Å². The molecule has 0 aromatic carbocycles. The second-order valence-corrected chi connectivity index (χ2v) is 8.49. The van der Waals surface area contributed by atoms with E-state index in [1.807, 2.05) is 0 Å². The molecule has 134 valence electrons. The van der Waals surface area contributed by atoms with Crippen LogP contribution in [-0.2, 0) is 21.9 Å². The first-order valence-corrected chi connectivity index (χ1v) is 9.85. The third-order valence-corrected chi connectivity index (χ3v) is 6.52. The maximum atomic E-state index is 12.6. The Morgan fingerprint density at radius 3 is 2.50 bits per heavy atom. The largest absolute Gasteiger partial charge is 0.341 e. The second-order valence-electron chi connectivity index (χ2n) is 6.77. The van der Waals surface area contributed by atoms with E-state index in [0.29, 0.717) is 24.9 Å². The molecule has 2 aliphatic rings. The molecule has 0 spiro atoms. The predicted molar refractivity (Wildman–Crippen MR) is 88.7 cm³/mol. The van der Waals surface area contributed by atoms with E-state index in [0.717, 1.165) is 25.9 Å². The molecular formula is C15H25N5O3S. The lowest BCUT2D eigenvalue weighted by molar-refractivity contribution is -0.132. The monoisotopic (exact) mass is 355 g/mol. The van der Waals surface area contributed by atoms with Crippen LogP contribution < -0.4 is 10.0 Å². The van der Waals surface area contributed by atoms with Crippen LogP contribution in [0.4, 0.5) is 0 Å². The van der Waals surface area contributed by atoms with Crippen molar-refractivity contribution in [2.24, 2.45) is 18.9 Å². The lowest BCUT2D eigenvalue weighted by Gasteiger charge is -2.24. The van der Waals surface area contributed by atoms with Crippen molar-refractivity contribution < 1.29 is 13.2 Å². The zero-order chi connectivity index (χ0) is 17.3. The number of likely N-dealkylation sites (tertiary alicyclic amines) is 1. The molecular weight excluding hydrogens is 330 g/mol. The number of hydrogen-bond donors (Lipinski definition) is 2. The minimum Gasteiger partial charge on any atom is -0.341 e. The van der Waals surface area contributed by atoms with Crippen LogP contribution in [0.15, 0.2) is 17.3 Å². The van der Waals surface area contributed by atoms with Crippen LogP contribution in [0.25, 0.3) is 0 Å². The zero-order valence-electron chi connectivity index (χ0n) is 14.1. The average Bonchev–Trinajstić information content (AvgIpc) is 3.11. The first-order valence-electron chi connectivity index (χ1n) is 8.37. The Labute approximate surface area is 142 Å². The van der Waals surface area contributed by atoms with Gasteiger partial charge < -0.3 is 10.2 Å². The minimum atomic E-state index is -3.74. The summed E-state index contributed by atoms with van der Waals surface area (Å²) in [5.74, 6) is 1.10. The highest BCUT2D eigenvalue weighted by atomic mass is 32.2. The van der Waals surface area contributed by atoms with Crippen molar-refractivity contribution in [2.45, 2.75) is 30.7 Å². The molecule has 2 fully saturated rings. The van der Waals surface area contributed by atoms with Crippen LogP contribution in [0.1, 0.15) is 19.8 Å². The summed E-state index contributed by atoms with van der Waals surface area (Å²) in [7, 11) is -2.09. The first kappa shape index (κ1) is 17.4. The molecule has 1 aromatic heterocycles. The molecule has 8 nitrogen and oxygen atoms in total. The van der Waals surface area contributed by atoms with E-state index < -0.39 is 16.1 Å². The van der Waals surface area contributed by atoms with E-state index in [-0.39, 0.29) is 10.8 Å². The Morgan fingerprint density at radius 1 is 1.33 bits per heavy atom. The summed E-state index contributed by atoms with van der Waals surface area (Å²) in [5.41, 5.74) is 0. The van der Waals surface area contributed by atoms with E-state index in [1.54, 1.807) is 18.9 Å². The van der Waals surface area contributed by atoms with Gasteiger partial charge in [0.15, 0.2) is 0 Å². The number of nitrogens with zero attached hydrogens (tertiary/aromatic N) is 3. The molecule has 2 saturated heterocycles. The fourth-order valence-corrected chi connectivity index (χ4v) is 4.78. The predicted octanol–water partition coefficient (Wildman–Crippen LogP) is -0.455. The number of amides is 1. The number of carbonyl (C=O) groups excluding carboxylic acids is 1. The maximum absolute atomic E-state index is 12.6. The van der Waals surface area contributed by atoms with Crippen LogP contribution in [-0.4, -0.2) is 61.2 Å². The maximum Gasteiger partial charge on any atom is 0.244 e. The van der Waals surface area contributed by atoms with E-state index in [9.17, 15) is 13.2 Å². The molecule has 0 bridgehead atoms. The summed E-state index contributed by atoms with van der Waals surface area (Å²) in [6.45, 7) is 5.04. The SMILES string of the molecule is CC(NS(=O)(=O)c1cnn(C)c1)C(=O)N1CC[C@@H]2CNC[C@@H]2CC1. The molecule has 2 N–H and O–H groups in total. The molecule has 1 amide bonds. The number of sulfonamides is 1. The Balaban J connectivity index is 1.62. The van der Waals surface area contributed by atoms with Crippen molar-refractivity contribution in [2.75, 3.05) is 26.2 Å². The topological polar surface area (TPSA) is 96.3 Å². The Morgan fingerprint density at radius 2 is 1.96 bits per heavy atom. The molecule has 9 heteroatoms. The lowest BCUT2D eigenvalue weighted by Crippen LogP contribution is -2.47. The quantitative estimate of drug-likeness (QED) is 0.762. The van der Waals surface area contributed by atoms with E-state index in [2.05, 4.69) is 15.1 Å². The molecule has 24 heavy (non-hydrogen) atoms. The molecule has 2 aliphatic heterocycles. The lowest BCUT2D eigenvalue weighted by atomic mass is 9.92. The van der Waals surface area contributed by atoms with Gasteiger partial charge in [-0.1, -0.05) is 0 Å². The van der Waals surface area contributed by atoms with Crippen LogP contribution >= 0.6 is 0 Å². The van der Waals surface area contributed by atoms with Crippen molar-refractivity contribution >= 4 is 15.9 Å². The van der Waals surface area contributed by atoms with Crippen molar-refractivity contribution in [3.8, 4) is 0 Å². The van der Waals surface area contributed by atoms with Crippen molar-refractivity contribution in [3.05, 3.63) is 12.4 Å². The number of rotatable bonds is 4. The second kappa shape index (κ2) is 6.81. The van der Waals surface area contributed by atoms with Gasteiger partial charge in [-0.05, 0) is 44.7 Å². The number of hydrogen-bond acceptors (Lipinski definition) is 5. The van der Waals surface area contributed by atoms with Crippen molar-refractivity contribution in [1.82, 2.24) is 24.7 Å². The summed E-state index contributed by atoms with van der Waals surface area (Å²) in [5, 5.41) is 7.27. The highest BCUT2D eigenvalue weighted by molar-refractivity contribution is 7.89. The van der Waals surface area contributed by atoms with Gasteiger partial charge in [0.05, 0.1) is 12.2 Å². The van der Waals surface area contributed by atoms with Crippen molar-refractivity contribution in [1.29, 1.82) is 0 Å². The van der Waals surface area contributed by atoms with Crippen LogP contribution in [0.3, 0.4) is 0 Å². The number of fused-ring (bicyclic) bond motifs is 1. The van der Waals surface area contributed by atoms with Gasteiger partial charge in [-0.2, -0.15) is 9.82 Å². The third kappa shape index (κ3) is 3.62. The van der Waals surface area contributed by atoms with E-state index in [1.165, 1.54) is 17.1 Å². The Hall–Kier alpha value is -1.45. The summed E-state index contributed by atoms with van der Waals surface area (Å²) in [4.78, 5) is 14.5. The van der Waals surface area contributed by atoms with Gasteiger partial charge in [0, 0.05) is 26.3 Å². The smallest absolute Gasteiger partial charge is 0.244 e. The van der Waals surface area contributed by atoms with Crippen LogP contribution in [0.5, 0.6) is 0 Å². The molecule has 3 rings (SSSR count). The molecule has 3 heterocycles. The summed E-state index contributed by atoms with van der Waals surface area (Å²) >= 11 is 0. The van der Waals surface area contributed by atoms with Crippen LogP contribution in [0, 0.1) is 11.8 Å². The molecule has 0 aliphatic carbocycles. The number of aryl methyl sites for hydroxylation is 1.